The fourth-order valence-electron chi connectivity index (χ4n) is 1.85. The number of halogens is 3. The van der Waals surface area contributed by atoms with Gasteiger partial charge in [-0.3, -0.25) is 4.79 Å². The van der Waals surface area contributed by atoms with Crippen molar-refractivity contribution in [3.05, 3.63) is 46.8 Å². The summed E-state index contributed by atoms with van der Waals surface area (Å²) < 4.78 is 38.2. The number of nitrogens with one attached hydrogen (secondary N) is 1. The van der Waals surface area contributed by atoms with Crippen molar-refractivity contribution < 1.29 is 18.0 Å². The molecule has 1 aromatic carbocycles. The number of alkyl halides is 3. The molecule has 0 fully saturated rings. The van der Waals surface area contributed by atoms with Crippen LogP contribution in [-0.4, -0.2) is 12.5 Å². The lowest BCUT2D eigenvalue weighted by atomic mass is 10.1. The molecule has 2 nitrogen and oxygen atoms in total. The number of carbonyl (C=O) groups is 1. The third-order valence-corrected chi connectivity index (χ3v) is 4.11. The zero-order valence-corrected chi connectivity index (χ0v) is 13.0. The molecule has 6 heteroatoms. The lowest BCUT2D eigenvalue weighted by Crippen LogP contribution is -2.26. The Kier molecular flexibility index (Phi) is 4.90. The van der Waals surface area contributed by atoms with Crippen LogP contribution in [0.25, 0.3) is 10.4 Å². The molecule has 0 atom stereocenters. The zero-order chi connectivity index (χ0) is 16.3. The maximum absolute atomic E-state index is 12.7. The summed E-state index contributed by atoms with van der Waals surface area (Å²) in [6.07, 6.45) is -4.37. The monoisotopic (exact) mass is 327 g/mol. The van der Waals surface area contributed by atoms with E-state index in [0.29, 0.717) is 27.8 Å². The van der Waals surface area contributed by atoms with E-state index in [2.05, 4.69) is 5.32 Å². The number of amides is 1. The van der Waals surface area contributed by atoms with E-state index in [-0.39, 0.29) is 5.91 Å². The summed E-state index contributed by atoms with van der Waals surface area (Å²) in [6.45, 7) is 4.54. The highest BCUT2D eigenvalue weighted by Gasteiger charge is 2.30. The van der Waals surface area contributed by atoms with Crippen LogP contribution in [0.1, 0.15) is 29.1 Å². The van der Waals surface area contributed by atoms with Gasteiger partial charge in [-0.2, -0.15) is 13.2 Å². The van der Waals surface area contributed by atoms with Gasteiger partial charge in [0.25, 0.3) is 5.91 Å². The van der Waals surface area contributed by atoms with Crippen molar-refractivity contribution in [2.24, 2.45) is 5.92 Å². The van der Waals surface area contributed by atoms with Gasteiger partial charge in [-0.15, -0.1) is 11.3 Å². The van der Waals surface area contributed by atoms with Gasteiger partial charge in [-0.1, -0.05) is 26.0 Å². The molecule has 0 radical (unpaired) electrons. The Labute approximate surface area is 131 Å². The van der Waals surface area contributed by atoms with Gasteiger partial charge in [-0.05, 0) is 35.7 Å². The van der Waals surface area contributed by atoms with Crippen LogP contribution in [0.5, 0.6) is 0 Å². The van der Waals surface area contributed by atoms with Gasteiger partial charge >= 0.3 is 6.18 Å². The molecule has 1 aromatic heterocycles. The second-order valence-corrected chi connectivity index (χ2v) is 6.43. The fourth-order valence-corrected chi connectivity index (χ4v) is 2.77. The fraction of sp³-hybridized carbons (Fsp3) is 0.312. The van der Waals surface area contributed by atoms with Crippen molar-refractivity contribution in [1.29, 1.82) is 0 Å². The molecule has 118 valence electrons. The van der Waals surface area contributed by atoms with Crippen LogP contribution in [0.3, 0.4) is 0 Å². The Balaban J connectivity index is 2.20. The minimum atomic E-state index is -4.37. The minimum absolute atomic E-state index is 0.197. The van der Waals surface area contributed by atoms with Crippen LogP contribution < -0.4 is 5.32 Å². The van der Waals surface area contributed by atoms with Crippen molar-refractivity contribution in [3.63, 3.8) is 0 Å². The highest BCUT2D eigenvalue weighted by molar-refractivity contribution is 7.17. The largest absolute Gasteiger partial charge is 0.416 e. The molecular formula is C16H16F3NOS. The van der Waals surface area contributed by atoms with E-state index < -0.39 is 11.7 Å². The molecule has 0 spiro atoms. The van der Waals surface area contributed by atoms with Crippen molar-refractivity contribution in [2.45, 2.75) is 20.0 Å². The van der Waals surface area contributed by atoms with E-state index in [0.717, 1.165) is 12.1 Å². The summed E-state index contributed by atoms with van der Waals surface area (Å²) >= 11 is 1.19. The molecule has 0 unspecified atom stereocenters. The first kappa shape index (κ1) is 16.5. The zero-order valence-electron chi connectivity index (χ0n) is 12.2. The van der Waals surface area contributed by atoms with E-state index in [1.807, 2.05) is 13.8 Å². The molecule has 1 N–H and O–H groups in total. The highest BCUT2D eigenvalue weighted by Crippen LogP contribution is 2.34. The quantitative estimate of drug-likeness (QED) is 0.857. The lowest BCUT2D eigenvalue weighted by molar-refractivity contribution is -0.137. The number of benzene rings is 1. The predicted molar refractivity (Wildman–Crippen MR) is 81.9 cm³/mol. The summed E-state index contributed by atoms with van der Waals surface area (Å²) in [7, 11) is 0. The van der Waals surface area contributed by atoms with Gasteiger partial charge < -0.3 is 5.32 Å². The molecule has 0 bridgehead atoms. The second-order valence-electron chi connectivity index (χ2n) is 5.35. The van der Waals surface area contributed by atoms with Crippen molar-refractivity contribution in [1.82, 2.24) is 5.32 Å². The number of hydrogen-bond acceptors (Lipinski definition) is 2. The first-order valence-electron chi connectivity index (χ1n) is 6.83. The summed E-state index contributed by atoms with van der Waals surface area (Å²) in [5.41, 5.74) is -0.230. The first-order valence-corrected chi connectivity index (χ1v) is 7.64. The van der Waals surface area contributed by atoms with Crippen LogP contribution in [-0.2, 0) is 6.18 Å². The SMILES string of the molecule is CC(C)CNC(=O)c1ccc(-c2cccc(C(F)(F)F)c2)s1. The molecule has 0 saturated heterocycles. The van der Waals surface area contributed by atoms with E-state index in [1.165, 1.54) is 17.4 Å². The molecule has 22 heavy (non-hydrogen) atoms. The predicted octanol–water partition coefficient (Wildman–Crippen LogP) is 4.82. The lowest BCUT2D eigenvalue weighted by Gasteiger charge is -2.07. The molecule has 2 aromatic rings. The van der Waals surface area contributed by atoms with E-state index in [4.69, 9.17) is 0 Å². The molecule has 2 rings (SSSR count). The number of carbonyl (C=O) groups excluding carboxylic acids is 1. The standard InChI is InChI=1S/C16H16F3NOS/c1-10(2)9-20-15(21)14-7-6-13(22-14)11-4-3-5-12(8-11)16(17,18)19/h3-8,10H,9H2,1-2H3,(H,20,21). The van der Waals surface area contributed by atoms with Gasteiger partial charge in [0.15, 0.2) is 0 Å². The second kappa shape index (κ2) is 6.52. The van der Waals surface area contributed by atoms with Gasteiger partial charge in [0.2, 0.25) is 0 Å². The number of rotatable bonds is 4. The highest BCUT2D eigenvalue weighted by atomic mass is 32.1. The summed E-state index contributed by atoms with van der Waals surface area (Å²) in [4.78, 5) is 13.1. The Morgan fingerprint density at radius 1 is 1.23 bits per heavy atom. The molecule has 0 aliphatic heterocycles. The molecule has 0 aliphatic carbocycles. The summed E-state index contributed by atoms with van der Waals surface area (Å²) in [5, 5.41) is 2.79. The van der Waals surface area contributed by atoms with Crippen molar-refractivity contribution >= 4 is 17.2 Å². The normalized spacial score (nSPS) is 11.7. The molecule has 1 amide bonds. The van der Waals surface area contributed by atoms with Crippen LogP contribution in [0.2, 0.25) is 0 Å². The average Bonchev–Trinajstić information content (AvgIpc) is 2.94. The van der Waals surface area contributed by atoms with Gasteiger partial charge in [0.1, 0.15) is 0 Å². The molecule has 0 aliphatic rings. The van der Waals surface area contributed by atoms with Crippen LogP contribution in [0.15, 0.2) is 36.4 Å². The van der Waals surface area contributed by atoms with Crippen LogP contribution in [0.4, 0.5) is 13.2 Å². The third kappa shape index (κ3) is 4.10. The molecular weight excluding hydrogens is 311 g/mol. The first-order chi connectivity index (χ1) is 10.3. The third-order valence-electron chi connectivity index (χ3n) is 2.98. The Hall–Kier alpha value is -1.82. The van der Waals surface area contributed by atoms with Crippen LogP contribution >= 0.6 is 11.3 Å². The Bertz CT molecular complexity index is 661. The number of hydrogen-bond donors (Lipinski definition) is 1. The van der Waals surface area contributed by atoms with E-state index in [9.17, 15) is 18.0 Å². The molecule has 0 saturated carbocycles. The van der Waals surface area contributed by atoms with E-state index in [1.54, 1.807) is 18.2 Å². The van der Waals surface area contributed by atoms with Gasteiger partial charge in [0, 0.05) is 11.4 Å². The van der Waals surface area contributed by atoms with Gasteiger partial charge in [-0.25, -0.2) is 0 Å². The Morgan fingerprint density at radius 2 is 1.95 bits per heavy atom. The van der Waals surface area contributed by atoms with Crippen LogP contribution in [0, 0.1) is 5.92 Å². The minimum Gasteiger partial charge on any atom is -0.351 e. The molecule has 1 heterocycles. The maximum atomic E-state index is 12.7. The summed E-state index contributed by atoms with van der Waals surface area (Å²) in [6, 6.07) is 8.42. The smallest absolute Gasteiger partial charge is 0.351 e. The summed E-state index contributed by atoms with van der Waals surface area (Å²) in [5.74, 6) is 0.142. The Morgan fingerprint density at radius 3 is 2.59 bits per heavy atom. The number of thiophene rings is 1. The topological polar surface area (TPSA) is 29.1 Å². The van der Waals surface area contributed by atoms with Gasteiger partial charge in [0.05, 0.1) is 10.4 Å². The average molecular weight is 327 g/mol. The van der Waals surface area contributed by atoms with E-state index >= 15 is 0 Å². The van der Waals surface area contributed by atoms with Crippen molar-refractivity contribution in [2.75, 3.05) is 6.54 Å². The van der Waals surface area contributed by atoms with Crippen molar-refractivity contribution in [3.8, 4) is 10.4 Å². The maximum Gasteiger partial charge on any atom is 0.416 e.